The highest BCUT2D eigenvalue weighted by atomic mass is 35.5. The van der Waals surface area contributed by atoms with Crippen LogP contribution in [0.4, 0.5) is 0 Å². The summed E-state index contributed by atoms with van der Waals surface area (Å²) in [6, 6.07) is 3.79. The van der Waals surface area contributed by atoms with E-state index < -0.39 is 0 Å². The van der Waals surface area contributed by atoms with Crippen molar-refractivity contribution >= 4 is 40.6 Å². The molecule has 0 atom stereocenters. The second-order valence-electron chi connectivity index (χ2n) is 5.99. The average molecular weight is 386 g/mol. The number of aromatic nitrogens is 2. The van der Waals surface area contributed by atoms with Crippen LogP contribution in [0.5, 0.6) is 0 Å². The van der Waals surface area contributed by atoms with E-state index in [1.807, 2.05) is 12.1 Å². The van der Waals surface area contributed by atoms with Gasteiger partial charge in [0.1, 0.15) is 0 Å². The number of carbonyl (C=O) groups excluding carboxylic acids is 1. The molecule has 1 saturated carbocycles. The molecule has 0 bridgehead atoms. The molecule has 1 aliphatic rings. The van der Waals surface area contributed by atoms with Crippen LogP contribution in [0.15, 0.2) is 21.8 Å². The quantitative estimate of drug-likeness (QED) is 0.681. The van der Waals surface area contributed by atoms with E-state index in [0.29, 0.717) is 23.4 Å². The van der Waals surface area contributed by atoms with E-state index in [-0.39, 0.29) is 5.91 Å². The minimum atomic E-state index is 0.0296. The molecule has 0 radical (unpaired) electrons. The van der Waals surface area contributed by atoms with Crippen LogP contribution < -0.4 is 0 Å². The van der Waals surface area contributed by atoms with Crippen molar-refractivity contribution < 1.29 is 9.21 Å². The number of carbonyl (C=O) groups is 1. The molecule has 2 aromatic rings. The molecule has 1 amide bonds. The normalized spacial score (nSPS) is 15.6. The lowest BCUT2D eigenvalue weighted by Gasteiger charge is -2.17. The Morgan fingerprint density at radius 3 is 2.88 bits per heavy atom. The average Bonchev–Trinajstić information content (AvgIpc) is 3.22. The first-order valence-electron chi connectivity index (χ1n) is 8.06. The highest BCUT2D eigenvalue weighted by Crippen LogP contribution is 2.33. The van der Waals surface area contributed by atoms with Gasteiger partial charge < -0.3 is 9.32 Å². The molecule has 5 nitrogen and oxygen atoms in total. The van der Waals surface area contributed by atoms with E-state index in [1.165, 1.54) is 42.4 Å². The van der Waals surface area contributed by atoms with Crippen molar-refractivity contribution in [2.45, 2.75) is 49.8 Å². The number of nitrogens with zero attached hydrogens (tertiary/aromatic N) is 3. The van der Waals surface area contributed by atoms with E-state index >= 15 is 0 Å². The molecule has 0 aromatic carbocycles. The van der Waals surface area contributed by atoms with Gasteiger partial charge in [-0.05, 0) is 25.0 Å². The zero-order valence-corrected chi connectivity index (χ0v) is 15.9. The minimum Gasteiger partial charge on any atom is -0.416 e. The van der Waals surface area contributed by atoms with Crippen LogP contribution in [0.2, 0.25) is 4.34 Å². The van der Waals surface area contributed by atoms with Gasteiger partial charge in [-0.15, -0.1) is 21.5 Å². The molecular weight excluding hydrogens is 366 g/mol. The van der Waals surface area contributed by atoms with E-state index in [4.69, 9.17) is 16.0 Å². The van der Waals surface area contributed by atoms with Crippen molar-refractivity contribution in [1.82, 2.24) is 15.1 Å². The van der Waals surface area contributed by atoms with Crippen molar-refractivity contribution in [2.75, 3.05) is 12.8 Å². The topological polar surface area (TPSA) is 59.2 Å². The zero-order chi connectivity index (χ0) is 16.9. The summed E-state index contributed by atoms with van der Waals surface area (Å²) in [5.74, 6) is 1.44. The highest BCUT2D eigenvalue weighted by molar-refractivity contribution is 7.99. The molecule has 0 spiro atoms. The summed E-state index contributed by atoms with van der Waals surface area (Å²) in [5, 5.41) is 8.71. The number of rotatable bonds is 6. The number of thiophene rings is 1. The van der Waals surface area contributed by atoms with Crippen LogP contribution >= 0.6 is 34.7 Å². The molecule has 0 unspecified atom stereocenters. The number of amides is 1. The van der Waals surface area contributed by atoms with Gasteiger partial charge in [0.25, 0.3) is 5.22 Å². The van der Waals surface area contributed by atoms with Crippen LogP contribution in [-0.4, -0.2) is 33.8 Å². The number of hydrogen-bond acceptors (Lipinski definition) is 6. The van der Waals surface area contributed by atoms with Gasteiger partial charge in [-0.2, -0.15) is 0 Å². The molecule has 3 rings (SSSR count). The van der Waals surface area contributed by atoms with Gasteiger partial charge in [-0.25, -0.2) is 0 Å². The lowest BCUT2D eigenvalue weighted by Crippen LogP contribution is -2.27. The lowest BCUT2D eigenvalue weighted by molar-refractivity contribution is -0.127. The minimum absolute atomic E-state index is 0.0296. The van der Waals surface area contributed by atoms with Gasteiger partial charge in [0.05, 0.1) is 16.6 Å². The van der Waals surface area contributed by atoms with Gasteiger partial charge in [0, 0.05) is 17.8 Å². The maximum Gasteiger partial charge on any atom is 0.277 e. The Morgan fingerprint density at radius 2 is 2.17 bits per heavy atom. The predicted octanol–water partition coefficient (Wildman–Crippen LogP) is 4.58. The Labute approximate surface area is 154 Å². The van der Waals surface area contributed by atoms with Gasteiger partial charge in [-0.3, -0.25) is 4.79 Å². The van der Waals surface area contributed by atoms with Gasteiger partial charge >= 0.3 is 0 Å². The zero-order valence-electron chi connectivity index (χ0n) is 13.5. The summed E-state index contributed by atoms with van der Waals surface area (Å²) in [6.45, 7) is 0.563. The third-order valence-corrected chi connectivity index (χ3v) is 6.16. The molecule has 0 N–H and O–H groups in total. The molecule has 8 heteroatoms. The first kappa shape index (κ1) is 17.8. The third-order valence-electron chi connectivity index (χ3n) is 4.14. The van der Waals surface area contributed by atoms with Gasteiger partial charge in [0.15, 0.2) is 0 Å². The van der Waals surface area contributed by atoms with Crippen LogP contribution in [0.25, 0.3) is 0 Å². The lowest BCUT2D eigenvalue weighted by atomic mass is 9.89. The maximum atomic E-state index is 12.2. The SMILES string of the molecule is CN(Cc1ccc(Cl)s1)C(=O)CSc1nnc(C2CCCCC2)o1. The fraction of sp³-hybridized carbons (Fsp3) is 0.562. The fourth-order valence-electron chi connectivity index (χ4n) is 2.79. The largest absolute Gasteiger partial charge is 0.416 e. The number of thioether (sulfide) groups is 1. The summed E-state index contributed by atoms with van der Waals surface area (Å²) in [5.41, 5.74) is 0. The summed E-state index contributed by atoms with van der Waals surface area (Å²) in [7, 11) is 1.79. The summed E-state index contributed by atoms with van der Waals surface area (Å²) in [6.07, 6.45) is 5.99. The number of hydrogen-bond donors (Lipinski definition) is 0. The van der Waals surface area contributed by atoms with E-state index in [2.05, 4.69) is 10.2 Å². The van der Waals surface area contributed by atoms with Crippen molar-refractivity contribution in [3.05, 3.63) is 27.2 Å². The van der Waals surface area contributed by atoms with Crippen molar-refractivity contribution in [3.8, 4) is 0 Å². The molecule has 0 aliphatic heterocycles. The highest BCUT2D eigenvalue weighted by Gasteiger charge is 2.22. The molecular formula is C16H20ClN3O2S2. The molecule has 24 heavy (non-hydrogen) atoms. The van der Waals surface area contributed by atoms with E-state index in [0.717, 1.165) is 27.9 Å². The van der Waals surface area contributed by atoms with Crippen molar-refractivity contribution in [3.63, 3.8) is 0 Å². The second kappa shape index (κ2) is 8.36. The van der Waals surface area contributed by atoms with Crippen LogP contribution in [0, 0.1) is 0 Å². The molecule has 1 fully saturated rings. The van der Waals surface area contributed by atoms with Gasteiger partial charge in [0.2, 0.25) is 11.8 Å². The third kappa shape index (κ3) is 4.74. The van der Waals surface area contributed by atoms with Crippen LogP contribution in [0.1, 0.15) is 48.8 Å². The fourth-order valence-corrected chi connectivity index (χ4v) is 4.64. The number of halogens is 1. The Balaban J connectivity index is 1.48. The predicted molar refractivity (Wildman–Crippen MR) is 96.7 cm³/mol. The van der Waals surface area contributed by atoms with Crippen molar-refractivity contribution in [2.24, 2.45) is 0 Å². The molecule has 130 valence electrons. The molecule has 1 aliphatic carbocycles. The second-order valence-corrected chi connectivity index (χ2v) is 8.71. The van der Waals surface area contributed by atoms with Crippen LogP contribution in [-0.2, 0) is 11.3 Å². The molecule has 2 aromatic heterocycles. The summed E-state index contributed by atoms with van der Waals surface area (Å²) < 4.78 is 6.47. The standard InChI is InChI=1S/C16H20ClN3O2S2/c1-20(9-12-7-8-13(17)24-12)14(21)10-23-16-19-18-15(22-16)11-5-3-2-4-6-11/h7-8,11H,2-6,9-10H2,1H3. The maximum absolute atomic E-state index is 12.2. The van der Waals surface area contributed by atoms with Crippen molar-refractivity contribution in [1.29, 1.82) is 0 Å². The first-order valence-corrected chi connectivity index (χ1v) is 10.2. The Hall–Kier alpha value is -1.05. The summed E-state index contributed by atoms with van der Waals surface area (Å²) >= 11 is 8.71. The van der Waals surface area contributed by atoms with E-state index in [9.17, 15) is 4.79 Å². The Morgan fingerprint density at radius 1 is 1.38 bits per heavy atom. The Bertz CT molecular complexity index is 682. The van der Waals surface area contributed by atoms with Crippen LogP contribution in [0.3, 0.4) is 0 Å². The molecule has 2 heterocycles. The molecule has 0 saturated heterocycles. The van der Waals surface area contributed by atoms with Gasteiger partial charge in [-0.1, -0.05) is 42.6 Å². The smallest absolute Gasteiger partial charge is 0.277 e. The van der Waals surface area contributed by atoms with E-state index in [1.54, 1.807) is 11.9 Å². The summed E-state index contributed by atoms with van der Waals surface area (Å²) in [4.78, 5) is 15.0. The monoisotopic (exact) mass is 385 g/mol. The Kier molecular flexibility index (Phi) is 6.19. The first-order chi connectivity index (χ1) is 11.6.